The number of hydrogen-bond acceptors (Lipinski definition) is 7. The lowest BCUT2D eigenvalue weighted by Crippen LogP contribution is -2.47. The van der Waals surface area contributed by atoms with Crippen molar-refractivity contribution in [1.82, 2.24) is 15.8 Å². The van der Waals surface area contributed by atoms with Crippen LogP contribution in [0.2, 0.25) is 0 Å². The minimum Gasteiger partial charge on any atom is -0.496 e. The van der Waals surface area contributed by atoms with E-state index in [9.17, 15) is 9.59 Å². The van der Waals surface area contributed by atoms with E-state index in [1.165, 1.54) is 19.2 Å². The zero-order valence-corrected chi connectivity index (χ0v) is 19.1. The number of methoxy groups -OCH3 is 1. The molecule has 6 N–H and O–H groups in total. The van der Waals surface area contributed by atoms with E-state index in [0.717, 1.165) is 12.8 Å². The van der Waals surface area contributed by atoms with Gasteiger partial charge in [0.1, 0.15) is 11.6 Å². The van der Waals surface area contributed by atoms with Gasteiger partial charge in [-0.1, -0.05) is 24.3 Å². The summed E-state index contributed by atoms with van der Waals surface area (Å²) in [5, 5.41) is 4.11. The molecule has 11 heteroatoms. The number of nitrogens with one attached hydrogen (secondary N) is 2. The predicted octanol–water partition coefficient (Wildman–Crippen LogP) is 1.60. The second-order valence-electron chi connectivity index (χ2n) is 8.29. The van der Waals surface area contributed by atoms with Crippen molar-refractivity contribution in [3.8, 4) is 5.75 Å². The van der Waals surface area contributed by atoms with Crippen LogP contribution in [-0.2, 0) is 16.1 Å². The zero-order chi connectivity index (χ0) is 25.1. The number of nitrogens with two attached hydrogens (primary N) is 2. The summed E-state index contributed by atoms with van der Waals surface area (Å²) in [5.41, 5.74) is 14.7. The van der Waals surface area contributed by atoms with Crippen molar-refractivity contribution in [1.29, 1.82) is 0 Å². The molecular formula is C24H27F2N5O4. The number of primary amides is 1. The van der Waals surface area contributed by atoms with Crippen molar-refractivity contribution in [3.05, 3.63) is 76.1 Å². The molecule has 186 valence electrons. The first kappa shape index (κ1) is 24.4. The van der Waals surface area contributed by atoms with Crippen molar-refractivity contribution < 1.29 is 27.8 Å². The van der Waals surface area contributed by atoms with E-state index < -0.39 is 29.5 Å². The molecule has 9 nitrogen and oxygen atoms in total. The van der Waals surface area contributed by atoms with E-state index in [0.29, 0.717) is 19.0 Å². The average molecular weight is 488 g/mol. The normalized spacial score (nSPS) is 20.1. The minimum atomic E-state index is -1.17. The van der Waals surface area contributed by atoms with Crippen LogP contribution in [0.3, 0.4) is 0 Å². The highest BCUT2D eigenvalue weighted by Crippen LogP contribution is 2.35. The average Bonchev–Trinajstić information content (AvgIpc) is 3.22. The third-order valence-electron chi connectivity index (χ3n) is 6.15. The third kappa shape index (κ3) is 4.77. The number of carbonyl (C=O) groups is 2. The molecule has 1 saturated heterocycles. The topological polar surface area (TPSA) is 132 Å². The first-order chi connectivity index (χ1) is 16.8. The van der Waals surface area contributed by atoms with Gasteiger partial charge in [0.2, 0.25) is 5.91 Å². The van der Waals surface area contributed by atoms with E-state index in [-0.39, 0.29) is 40.7 Å². The summed E-state index contributed by atoms with van der Waals surface area (Å²) in [7, 11) is 1.43. The van der Waals surface area contributed by atoms with Crippen molar-refractivity contribution in [2.75, 3.05) is 20.3 Å². The molecule has 1 fully saturated rings. The van der Waals surface area contributed by atoms with Crippen LogP contribution in [0.15, 0.2) is 47.8 Å². The van der Waals surface area contributed by atoms with E-state index in [4.69, 9.17) is 20.9 Å². The Kier molecular flexibility index (Phi) is 7.17. The molecule has 0 radical (unpaired) electrons. The Bertz CT molecular complexity index is 1170. The molecule has 4 rings (SSSR count). The van der Waals surface area contributed by atoms with E-state index in [1.54, 1.807) is 29.3 Å². The Morgan fingerprint density at radius 3 is 2.69 bits per heavy atom. The second kappa shape index (κ2) is 10.3. The Hall–Kier alpha value is -3.70. The lowest BCUT2D eigenvalue weighted by atomic mass is 9.97. The number of nitrogens with zero attached hydrogens (tertiary/aromatic N) is 1. The van der Waals surface area contributed by atoms with Crippen LogP contribution in [0, 0.1) is 11.6 Å². The van der Waals surface area contributed by atoms with Crippen molar-refractivity contribution in [2.45, 2.75) is 31.5 Å². The van der Waals surface area contributed by atoms with Gasteiger partial charge in [-0.2, -0.15) is 0 Å². The molecular weight excluding hydrogens is 460 g/mol. The van der Waals surface area contributed by atoms with Crippen LogP contribution in [0.1, 0.15) is 40.4 Å². The van der Waals surface area contributed by atoms with Gasteiger partial charge in [-0.25, -0.2) is 14.2 Å². The molecule has 0 aliphatic carbocycles. The lowest BCUT2D eigenvalue weighted by molar-refractivity contribution is -0.114. The highest BCUT2D eigenvalue weighted by Gasteiger charge is 2.39. The van der Waals surface area contributed by atoms with Crippen LogP contribution in [0.4, 0.5) is 8.78 Å². The number of hydrazine groups is 1. The van der Waals surface area contributed by atoms with Crippen LogP contribution in [0.25, 0.3) is 0 Å². The highest BCUT2D eigenvalue weighted by molar-refractivity contribution is 5.97. The molecule has 2 heterocycles. The van der Waals surface area contributed by atoms with Gasteiger partial charge >= 0.3 is 0 Å². The summed E-state index contributed by atoms with van der Waals surface area (Å²) in [6, 6.07) is 8.00. The Labute approximate surface area is 201 Å². The van der Waals surface area contributed by atoms with Gasteiger partial charge in [0.15, 0.2) is 11.6 Å². The third-order valence-corrected chi connectivity index (χ3v) is 6.15. The Morgan fingerprint density at radius 1 is 1.23 bits per heavy atom. The SMILES string of the molecule is COc1ccccc1C(=O)NCc1ccc(C2NN(C3CCCOC3)C(N)=C2C(N)=O)c(F)c1F. The molecule has 2 aliphatic heterocycles. The number of benzene rings is 2. The standard InChI is InChI=1S/C24H27F2N5O4/c1-34-17-7-3-2-6-15(17)24(33)29-11-13-8-9-16(20(26)19(13)25)21-18(23(28)32)22(27)31(30-21)14-5-4-10-35-12-14/h2-3,6-9,14,21,30H,4-5,10-12,27H2,1H3,(H2,28,32)(H,29,33). The van der Waals surface area contributed by atoms with Crippen LogP contribution < -0.4 is 26.9 Å². The summed E-state index contributed by atoms with van der Waals surface area (Å²) in [6.07, 6.45) is 1.54. The molecule has 35 heavy (non-hydrogen) atoms. The minimum absolute atomic E-state index is 0.0499. The van der Waals surface area contributed by atoms with Gasteiger partial charge < -0.3 is 26.3 Å². The van der Waals surface area contributed by atoms with Gasteiger partial charge in [-0.3, -0.25) is 14.6 Å². The molecule has 0 aromatic heterocycles. The monoisotopic (exact) mass is 487 g/mol. The van der Waals surface area contributed by atoms with Gasteiger partial charge in [0.05, 0.1) is 36.9 Å². The number of halogens is 2. The van der Waals surface area contributed by atoms with Crippen molar-refractivity contribution in [3.63, 3.8) is 0 Å². The summed E-state index contributed by atoms with van der Waals surface area (Å²) >= 11 is 0. The molecule has 2 aromatic carbocycles. The van der Waals surface area contributed by atoms with Gasteiger partial charge in [-0.15, -0.1) is 0 Å². The number of amides is 2. The number of rotatable bonds is 7. The first-order valence-corrected chi connectivity index (χ1v) is 11.1. The summed E-state index contributed by atoms with van der Waals surface area (Å²) in [6.45, 7) is 0.729. The van der Waals surface area contributed by atoms with Gasteiger partial charge in [-0.05, 0) is 25.0 Å². The fourth-order valence-electron chi connectivity index (χ4n) is 4.34. The maximum absolute atomic E-state index is 15.2. The fraction of sp³-hybridized carbons (Fsp3) is 0.333. The van der Waals surface area contributed by atoms with Crippen LogP contribution >= 0.6 is 0 Å². The quantitative estimate of drug-likeness (QED) is 0.466. The Morgan fingerprint density at radius 2 is 2.00 bits per heavy atom. The molecule has 2 unspecified atom stereocenters. The van der Waals surface area contributed by atoms with Crippen molar-refractivity contribution in [2.24, 2.45) is 11.5 Å². The highest BCUT2D eigenvalue weighted by atomic mass is 19.2. The van der Waals surface area contributed by atoms with Crippen LogP contribution in [0.5, 0.6) is 5.75 Å². The van der Waals surface area contributed by atoms with Gasteiger partial charge in [0, 0.05) is 24.3 Å². The number of hydrogen-bond donors (Lipinski definition) is 4. The molecule has 0 bridgehead atoms. The largest absolute Gasteiger partial charge is 0.496 e. The zero-order valence-electron chi connectivity index (χ0n) is 19.1. The number of para-hydroxylation sites is 1. The molecule has 2 aromatic rings. The molecule has 2 aliphatic rings. The first-order valence-electron chi connectivity index (χ1n) is 11.1. The van der Waals surface area contributed by atoms with Crippen molar-refractivity contribution >= 4 is 11.8 Å². The van der Waals surface area contributed by atoms with Gasteiger partial charge in [0.25, 0.3) is 5.91 Å². The summed E-state index contributed by atoms with van der Waals surface area (Å²) in [4.78, 5) is 24.7. The smallest absolute Gasteiger partial charge is 0.255 e. The van der Waals surface area contributed by atoms with E-state index in [2.05, 4.69) is 10.7 Å². The predicted molar refractivity (Wildman–Crippen MR) is 122 cm³/mol. The molecule has 0 spiro atoms. The molecule has 0 saturated carbocycles. The number of carbonyl (C=O) groups excluding carboxylic acids is 2. The molecule has 2 atom stereocenters. The fourth-order valence-corrected chi connectivity index (χ4v) is 4.34. The van der Waals surface area contributed by atoms with E-state index >= 15 is 8.78 Å². The summed E-state index contributed by atoms with van der Waals surface area (Å²) < 4.78 is 40.9. The second-order valence-corrected chi connectivity index (χ2v) is 8.29. The lowest BCUT2D eigenvalue weighted by Gasteiger charge is -2.33. The number of ether oxygens (including phenoxy) is 2. The van der Waals surface area contributed by atoms with E-state index in [1.807, 2.05) is 0 Å². The Balaban J connectivity index is 1.55. The maximum atomic E-state index is 15.2. The van der Waals surface area contributed by atoms with Crippen LogP contribution in [-0.4, -0.2) is 43.2 Å². The summed E-state index contributed by atoms with van der Waals surface area (Å²) in [5.74, 6) is -3.24. The molecule has 2 amide bonds. The maximum Gasteiger partial charge on any atom is 0.255 e.